The fraction of sp³-hybridized carbons (Fsp3) is 0. The van der Waals surface area contributed by atoms with Crippen LogP contribution >= 0.6 is 11.3 Å². The van der Waals surface area contributed by atoms with E-state index in [1.807, 2.05) is 12.1 Å². The normalized spacial score (nSPS) is 11.6. The molecule has 0 amide bonds. The molecule has 2 aromatic heterocycles. The van der Waals surface area contributed by atoms with E-state index in [2.05, 4.69) is 59.3 Å². The second-order valence-electron chi connectivity index (χ2n) is 5.46. The number of hydrogen-bond acceptors (Lipinski definition) is 2. The summed E-state index contributed by atoms with van der Waals surface area (Å²) in [5.41, 5.74) is 4.44. The van der Waals surface area contributed by atoms with Gasteiger partial charge in [0.2, 0.25) is 0 Å². The van der Waals surface area contributed by atoms with Gasteiger partial charge >= 0.3 is 0 Å². The summed E-state index contributed by atoms with van der Waals surface area (Å²) in [7, 11) is 0. The van der Waals surface area contributed by atoms with Crippen molar-refractivity contribution in [2.75, 3.05) is 0 Å². The average molecular weight is 300 g/mol. The van der Waals surface area contributed by atoms with Crippen molar-refractivity contribution in [3.8, 4) is 11.1 Å². The van der Waals surface area contributed by atoms with E-state index in [1.54, 1.807) is 11.3 Å². The molecule has 0 atom stereocenters. The first-order valence-corrected chi connectivity index (χ1v) is 8.22. The van der Waals surface area contributed by atoms with Crippen LogP contribution in [0.3, 0.4) is 0 Å². The lowest BCUT2D eigenvalue weighted by Crippen LogP contribution is -1.80. The summed E-state index contributed by atoms with van der Waals surface area (Å²) < 4.78 is 6.21. The third-order valence-electron chi connectivity index (χ3n) is 4.20. The molecular weight excluding hydrogens is 288 g/mol. The van der Waals surface area contributed by atoms with Crippen molar-refractivity contribution >= 4 is 44.0 Å². The van der Waals surface area contributed by atoms with Gasteiger partial charge in [0.25, 0.3) is 0 Å². The van der Waals surface area contributed by atoms with Crippen LogP contribution in [0.4, 0.5) is 0 Å². The summed E-state index contributed by atoms with van der Waals surface area (Å²) in [6.45, 7) is 0. The molecule has 0 fully saturated rings. The second kappa shape index (κ2) is 4.46. The molecule has 0 aliphatic carbocycles. The molecule has 0 saturated carbocycles. The lowest BCUT2D eigenvalue weighted by atomic mass is 9.97. The molecule has 0 bridgehead atoms. The predicted octanol–water partition coefficient (Wildman–Crippen LogP) is 6.47. The zero-order valence-corrected chi connectivity index (χ0v) is 12.6. The standard InChI is InChI=1S/C20H12OS/c1-2-6-15-13(5-1)11-17(14-9-10-22-12-14)19-16-7-3-4-8-18(16)21-20(15)19/h1-12H. The third kappa shape index (κ3) is 1.59. The Bertz CT molecular complexity index is 1120. The minimum atomic E-state index is 0.949. The molecule has 0 spiro atoms. The van der Waals surface area contributed by atoms with E-state index in [4.69, 9.17) is 4.42 Å². The van der Waals surface area contributed by atoms with Gasteiger partial charge < -0.3 is 4.42 Å². The summed E-state index contributed by atoms with van der Waals surface area (Å²) in [6.07, 6.45) is 0. The Morgan fingerprint density at radius 3 is 2.50 bits per heavy atom. The second-order valence-corrected chi connectivity index (χ2v) is 6.24. The highest BCUT2D eigenvalue weighted by Gasteiger charge is 2.15. The predicted molar refractivity (Wildman–Crippen MR) is 94.5 cm³/mol. The molecule has 22 heavy (non-hydrogen) atoms. The van der Waals surface area contributed by atoms with E-state index in [1.165, 1.54) is 32.7 Å². The van der Waals surface area contributed by atoms with Gasteiger partial charge in [-0.15, -0.1) is 0 Å². The van der Waals surface area contributed by atoms with Gasteiger partial charge in [0.05, 0.1) is 0 Å². The smallest absolute Gasteiger partial charge is 0.143 e. The maximum absolute atomic E-state index is 6.21. The van der Waals surface area contributed by atoms with Crippen LogP contribution in [0.5, 0.6) is 0 Å². The highest BCUT2D eigenvalue weighted by molar-refractivity contribution is 7.08. The van der Waals surface area contributed by atoms with Crippen LogP contribution in [0, 0.1) is 0 Å². The Balaban J connectivity index is 2.09. The molecule has 0 radical (unpaired) electrons. The number of fused-ring (bicyclic) bond motifs is 5. The Hall–Kier alpha value is -2.58. The van der Waals surface area contributed by atoms with E-state index >= 15 is 0 Å². The van der Waals surface area contributed by atoms with Crippen LogP contribution in [-0.4, -0.2) is 0 Å². The maximum atomic E-state index is 6.21. The lowest BCUT2D eigenvalue weighted by molar-refractivity contribution is 0.673. The van der Waals surface area contributed by atoms with Crippen molar-refractivity contribution in [1.82, 2.24) is 0 Å². The zero-order chi connectivity index (χ0) is 14.5. The Labute approximate surface area is 131 Å². The van der Waals surface area contributed by atoms with Crippen LogP contribution < -0.4 is 0 Å². The number of para-hydroxylation sites is 1. The van der Waals surface area contributed by atoms with Crippen molar-refractivity contribution in [3.05, 3.63) is 71.4 Å². The van der Waals surface area contributed by atoms with E-state index in [0.717, 1.165) is 11.2 Å². The summed E-state index contributed by atoms with van der Waals surface area (Å²) in [4.78, 5) is 0. The molecule has 0 aliphatic heterocycles. The molecule has 1 nitrogen and oxygen atoms in total. The highest BCUT2D eigenvalue weighted by atomic mass is 32.1. The van der Waals surface area contributed by atoms with Gasteiger partial charge in [-0.05, 0) is 45.5 Å². The number of thiophene rings is 1. The van der Waals surface area contributed by atoms with Gasteiger partial charge in [-0.2, -0.15) is 11.3 Å². The largest absolute Gasteiger partial charge is 0.455 e. The minimum Gasteiger partial charge on any atom is -0.455 e. The molecule has 5 aromatic rings. The van der Waals surface area contributed by atoms with Gasteiger partial charge in [-0.1, -0.05) is 42.5 Å². The zero-order valence-electron chi connectivity index (χ0n) is 11.7. The van der Waals surface area contributed by atoms with Crippen molar-refractivity contribution in [1.29, 1.82) is 0 Å². The molecule has 0 saturated heterocycles. The molecule has 2 heterocycles. The van der Waals surface area contributed by atoms with E-state index in [9.17, 15) is 0 Å². The van der Waals surface area contributed by atoms with E-state index in [0.29, 0.717) is 0 Å². The van der Waals surface area contributed by atoms with Crippen molar-refractivity contribution in [3.63, 3.8) is 0 Å². The van der Waals surface area contributed by atoms with Crippen molar-refractivity contribution < 1.29 is 4.42 Å². The number of benzene rings is 3. The first kappa shape index (κ1) is 12.0. The first-order valence-electron chi connectivity index (χ1n) is 7.27. The molecule has 3 aromatic carbocycles. The first-order chi connectivity index (χ1) is 10.9. The van der Waals surface area contributed by atoms with Gasteiger partial charge in [0.1, 0.15) is 11.2 Å². The fourth-order valence-corrected chi connectivity index (χ4v) is 3.86. The molecule has 104 valence electrons. The lowest BCUT2D eigenvalue weighted by Gasteiger charge is -2.05. The van der Waals surface area contributed by atoms with Gasteiger partial charge in [-0.3, -0.25) is 0 Å². The van der Waals surface area contributed by atoms with Crippen LogP contribution in [0.2, 0.25) is 0 Å². The molecule has 0 unspecified atom stereocenters. The van der Waals surface area contributed by atoms with Crippen molar-refractivity contribution in [2.45, 2.75) is 0 Å². The fourth-order valence-electron chi connectivity index (χ4n) is 3.21. The van der Waals surface area contributed by atoms with Gasteiger partial charge in [-0.25, -0.2) is 0 Å². The minimum absolute atomic E-state index is 0.949. The van der Waals surface area contributed by atoms with E-state index in [-0.39, 0.29) is 0 Å². The summed E-state index contributed by atoms with van der Waals surface area (Å²) in [5, 5.41) is 9.12. The van der Waals surface area contributed by atoms with Crippen LogP contribution in [0.1, 0.15) is 0 Å². The summed E-state index contributed by atoms with van der Waals surface area (Å²) in [6, 6.07) is 21.2. The maximum Gasteiger partial charge on any atom is 0.143 e. The number of furan rings is 1. The monoisotopic (exact) mass is 300 g/mol. The molecule has 0 aliphatic rings. The van der Waals surface area contributed by atoms with Gasteiger partial charge in [0, 0.05) is 16.2 Å². The van der Waals surface area contributed by atoms with Gasteiger partial charge in [0.15, 0.2) is 0 Å². The van der Waals surface area contributed by atoms with E-state index < -0.39 is 0 Å². The van der Waals surface area contributed by atoms with Crippen LogP contribution in [0.25, 0.3) is 43.8 Å². The number of rotatable bonds is 1. The quantitative estimate of drug-likeness (QED) is 0.346. The molecule has 5 rings (SSSR count). The third-order valence-corrected chi connectivity index (χ3v) is 4.89. The Kier molecular flexibility index (Phi) is 2.43. The SMILES string of the molecule is c1ccc2c(c1)cc(-c1ccsc1)c1c3ccccc3oc21. The molecule has 0 N–H and O–H groups in total. The van der Waals surface area contributed by atoms with Crippen molar-refractivity contribution in [2.24, 2.45) is 0 Å². The van der Waals surface area contributed by atoms with Crippen LogP contribution in [0.15, 0.2) is 75.8 Å². The van der Waals surface area contributed by atoms with Crippen LogP contribution in [-0.2, 0) is 0 Å². The Morgan fingerprint density at radius 2 is 1.64 bits per heavy atom. The Morgan fingerprint density at radius 1 is 0.818 bits per heavy atom. The number of hydrogen-bond donors (Lipinski definition) is 0. The molecular formula is C20H12OS. The summed E-state index contributed by atoms with van der Waals surface area (Å²) in [5.74, 6) is 0. The highest BCUT2D eigenvalue weighted by Crippen LogP contribution is 2.41. The molecule has 2 heteroatoms. The average Bonchev–Trinajstić information content (AvgIpc) is 3.22. The summed E-state index contributed by atoms with van der Waals surface area (Å²) >= 11 is 1.73. The topological polar surface area (TPSA) is 13.1 Å².